The lowest BCUT2D eigenvalue weighted by Crippen LogP contribution is -2.62. The van der Waals surface area contributed by atoms with Gasteiger partial charge in [-0.2, -0.15) is 0 Å². The van der Waals surface area contributed by atoms with Crippen LogP contribution in [0.25, 0.3) is 11.3 Å². The average Bonchev–Trinajstić information content (AvgIpc) is 3.80. The van der Waals surface area contributed by atoms with Gasteiger partial charge in [0.1, 0.15) is 25.4 Å². The van der Waals surface area contributed by atoms with Crippen LogP contribution >= 0.6 is 0 Å². The van der Waals surface area contributed by atoms with Crippen molar-refractivity contribution < 1.29 is 52.4 Å². The van der Waals surface area contributed by atoms with E-state index in [0.717, 1.165) is 18.2 Å². The zero-order chi connectivity index (χ0) is 45.0. The summed E-state index contributed by atoms with van der Waals surface area (Å²) in [4.78, 5) is 58.4. The SMILES string of the molecule is CC[C@H]1OC(=O)[C@@](C)(F)C(=O)[C@H](C)[C@@H](O[C@@H]2O[C@H](C)C[C@H](N(C)C)[C@H]2O)[C@](C)(OC)C[C@@H](C)/C(=N\OC)[C@H](C)[C@@H]2N(NCCCn3cnc(-c4cccnc4)c3)C(=O)O[C@@]21C. The molecule has 2 aromatic rings. The third kappa shape index (κ3) is 9.94. The standard InChI is InChI=1S/C43H66FN7O10/c1-13-32-43(8)35(51(40(55)61-43)47-18-15-19-50-23-30(46-24-50)29-16-14-17-45-22-29)27(4)33(48-57-12)25(2)21-41(6,56-11)37(28(5)36(53)42(7,44)39(54)59-32)60-38-34(52)31(49(9)10)20-26(3)58-38/h14,16-17,22-28,31-32,34-35,37-38,47,52H,13,15,18-21H2,1-12H3/b48-33+/t25-,26-,27+,28+,31+,32-,34-,35+,37-,38+,41-,42+,43-/m1/s1. The first-order valence-electron chi connectivity index (χ1n) is 21.2. The molecule has 2 N–H and O–H groups in total. The van der Waals surface area contributed by atoms with Crippen molar-refractivity contribution >= 4 is 23.6 Å². The van der Waals surface area contributed by atoms with E-state index in [1.807, 2.05) is 62.7 Å². The van der Waals surface area contributed by atoms with Crippen LogP contribution in [0.5, 0.6) is 0 Å². The minimum absolute atomic E-state index is 0.105. The minimum Gasteiger partial charge on any atom is -0.455 e. The molecule has 1 amide bonds. The Bertz CT molecular complexity index is 1850. The summed E-state index contributed by atoms with van der Waals surface area (Å²) in [5, 5.41) is 17.4. The maximum absolute atomic E-state index is 17.0. The van der Waals surface area contributed by atoms with Crippen molar-refractivity contribution in [2.45, 2.75) is 147 Å². The Hall–Kier alpha value is -4.07. The number of halogens is 1. The Labute approximate surface area is 358 Å². The number of cyclic esters (lactones) is 1. The van der Waals surface area contributed by atoms with Crippen LogP contribution in [0, 0.1) is 17.8 Å². The van der Waals surface area contributed by atoms with Gasteiger partial charge in [-0.3, -0.25) is 9.78 Å². The maximum Gasteiger partial charge on any atom is 0.425 e. The highest BCUT2D eigenvalue weighted by molar-refractivity contribution is 6.08. The van der Waals surface area contributed by atoms with Gasteiger partial charge in [-0.15, -0.1) is 0 Å². The number of likely N-dealkylation sites (N-methyl/N-ethyl adjacent to an activating group) is 1. The summed E-state index contributed by atoms with van der Waals surface area (Å²) >= 11 is 0. The number of aryl methyl sites for hydroxylation is 1. The number of alkyl halides is 1. The van der Waals surface area contributed by atoms with E-state index in [-0.39, 0.29) is 25.0 Å². The summed E-state index contributed by atoms with van der Waals surface area (Å²) in [7, 11) is 6.55. The first kappa shape index (κ1) is 48.0. The molecule has 3 aliphatic rings. The van der Waals surface area contributed by atoms with E-state index in [0.29, 0.717) is 31.6 Å². The number of aromatic nitrogens is 3. The monoisotopic (exact) mass is 859 g/mol. The van der Waals surface area contributed by atoms with Crippen molar-refractivity contribution in [2.75, 3.05) is 34.9 Å². The molecule has 3 fully saturated rings. The van der Waals surface area contributed by atoms with Gasteiger partial charge in [-0.1, -0.05) is 32.9 Å². The number of aliphatic hydroxyl groups is 1. The minimum atomic E-state index is -3.17. The number of pyridine rings is 1. The smallest absolute Gasteiger partial charge is 0.425 e. The van der Waals surface area contributed by atoms with E-state index >= 15 is 4.39 Å². The van der Waals surface area contributed by atoms with Crippen LogP contribution in [0.1, 0.15) is 81.1 Å². The number of oxime groups is 1. The van der Waals surface area contributed by atoms with Gasteiger partial charge in [0.05, 0.1) is 35.5 Å². The number of hydrazine groups is 1. The number of aliphatic hydroxyl groups excluding tert-OH is 1. The second-order valence-electron chi connectivity index (χ2n) is 17.6. The Morgan fingerprint density at radius 2 is 1.84 bits per heavy atom. The van der Waals surface area contributed by atoms with Crippen LogP contribution in [0.3, 0.4) is 0 Å². The molecule has 340 valence electrons. The average molecular weight is 860 g/mol. The molecule has 0 radical (unpaired) electrons. The molecule has 5 heterocycles. The number of rotatable bonds is 12. The van der Waals surface area contributed by atoms with Gasteiger partial charge in [-0.25, -0.2) is 29.4 Å². The lowest BCUT2D eigenvalue weighted by Gasteiger charge is -2.47. The number of imidazole rings is 1. The molecular formula is C43H66FN7O10. The van der Waals surface area contributed by atoms with Crippen LogP contribution in [0.15, 0.2) is 42.2 Å². The van der Waals surface area contributed by atoms with E-state index in [1.54, 1.807) is 39.5 Å². The van der Waals surface area contributed by atoms with E-state index in [2.05, 4.69) is 20.5 Å². The van der Waals surface area contributed by atoms with Crippen LogP contribution in [0.2, 0.25) is 0 Å². The molecule has 61 heavy (non-hydrogen) atoms. The molecule has 0 aliphatic carbocycles. The Morgan fingerprint density at radius 1 is 1.11 bits per heavy atom. The van der Waals surface area contributed by atoms with Gasteiger partial charge in [0.15, 0.2) is 17.7 Å². The number of ketones is 1. The Kier molecular flexibility index (Phi) is 15.4. The van der Waals surface area contributed by atoms with E-state index in [9.17, 15) is 19.5 Å². The van der Waals surface area contributed by atoms with Crippen molar-refractivity contribution in [3.05, 3.63) is 37.1 Å². The molecule has 0 bridgehead atoms. The van der Waals surface area contributed by atoms with Gasteiger partial charge < -0.3 is 43.1 Å². The van der Waals surface area contributed by atoms with E-state index in [4.69, 9.17) is 28.5 Å². The highest BCUT2D eigenvalue weighted by Gasteiger charge is 2.62. The number of carbonyl (C=O) groups excluding carboxylic acids is 3. The number of hydrogen-bond acceptors (Lipinski definition) is 15. The van der Waals surface area contributed by atoms with Crippen molar-refractivity contribution in [3.8, 4) is 11.3 Å². The van der Waals surface area contributed by atoms with Gasteiger partial charge >= 0.3 is 12.1 Å². The molecule has 3 saturated heterocycles. The second kappa shape index (κ2) is 19.5. The highest BCUT2D eigenvalue weighted by Crippen LogP contribution is 2.43. The number of amides is 1. The fraction of sp³-hybridized carbons (Fsp3) is 0.721. The molecule has 0 spiro atoms. The second-order valence-corrected chi connectivity index (χ2v) is 17.6. The molecule has 0 unspecified atom stereocenters. The number of fused-ring (bicyclic) bond motifs is 1. The van der Waals surface area contributed by atoms with Crippen LogP contribution in [-0.2, 0) is 44.7 Å². The predicted molar refractivity (Wildman–Crippen MR) is 223 cm³/mol. The molecule has 5 rings (SSSR count). The van der Waals surface area contributed by atoms with E-state index < -0.39 is 83.1 Å². The molecule has 13 atom stereocenters. The summed E-state index contributed by atoms with van der Waals surface area (Å²) in [6.45, 7) is 14.0. The summed E-state index contributed by atoms with van der Waals surface area (Å²) in [5.74, 6) is -5.01. The summed E-state index contributed by atoms with van der Waals surface area (Å²) in [6, 6.07) is 2.54. The molecule has 0 saturated carbocycles. The van der Waals surface area contributed by atoms with Crippen molar-refractivity contribution in [3.63, 3.8) is 0 Å². The molecule has 18 heteroatoms. The Morgan fingerprint density at radius 3 is 2.46 bits per heavy atom. The third-order valence-corrected chi connectivity index (χ3v) is 12.8. The number of carbonyl (C=O) groups is 3. The van der Waals surface area contributed by atoms with Crippen LogP contribution in [-0.4, -0.2) is 148 Å². The number of nitrogens with zero attached hydrogens (tertiary/aromatic N) is 6. The van der Waals surface area contributed by atoms with Gasteiger partial charge in [0.2, 0.25) is 0 Å². The fourth-order valence-corrected chi connectivity index (χ4v) is 9.43. The number of ether oxygens (including phenoxy) is 5. The topological polar surface area (TPSA) is 188 Å². The van der Waals surface area contributed by atoms with Gasteiger partial charge in [-0.05, 0) is 79.6 Å². The quantitative estimate of drug-likeness (QED) is 0.131. The molecule has 0 aromatic carbocycles. The summed E-state index contributed by atoms with van der Waals surface area (Å²) in [5.41, 5.74) is -0.686. The Balaban J connectivity index is 1.51. The molecule has 17 nitrogen and oxygen atoms in total. The maximum atomic E-state index is 17.0. The zero-order valence-electron chi connectivity index (χ0n) is 37.7. The number of Topliss-reactive ketones (excluding diaryl/α,β-unsaturated/α-hetero) is 1. The number of methoxy groups -OCH3 is 1. The molecular weight excluding hydrogens is 794 g/mol. The summed E-state index contributed by atoms with van der Waals surface area (Å²) in [6.07, 6.45) is 2.54. The molecule has 2 aromatic heterocycles. The number of esters is 1. The normalized spacial score (nSPS) is 37.3. The largest absolute Gasteiger partial charge is 0.455 e. The van der Waals surface area contributed by atoms with Gasteiger partial charge in [0.25, 0.3) is 5.67 Å². The van der Waals surface area contributed by atoms with Crippen molar-refractivity contribution in [1.29, 1.82) is 0 Å². The third-order valence-electron chi connectivity index (χ3n) is 12.8. The molecule has 3 aliphatic heterocycles. The fourth-order valence-electron chi connectivity index (χ4n) is 9.43. The first-order chi connectivity index (χ1) is 28.7. The lowest BCUT2D eigenvalue weighted by molar-refractivity contribution is -0.295. The van der Waals surface area contributed by atoms with Crippen LogP contribution < -0.4 is 5.43 Å². The van der Waals surface area contributed by atoms with E-state index in [1.165, 1.54) is 26.2 Å². The van der Waals surface area contributed by atoms with Crippen molar-refractivity contribution in [2.24, 2.45) is 22.9 Å². The highest BCUT2D eigenvalue weighted by atomic mass is 19.1. The van der Waals surface area contributed by atoms with Crippen molar-refractivity contribution in [1.82, 2.24) is 29.9 Å². The van der Waals surface area contributed by atoms with Gasteiger partial charge in [0, 0.05) is 68.1 Å². The lowest BCUT2D eigenvalue weighted by atomic mass is 9.73. The zero-order valence-corrected chi connectivity index (χ0v) is 37.7. The number of hydrogen-bond donors (Lipinski definition) is 2. The first-order valence-corrected chi connectivity index (χ1v) is 21.2. The summed E-state index contributed by atoms with van der Waals surface area (Å²) < 4.78 is 49.9. The predicted octanol–water partition coefficient (Wildman–Crippen LogP) is 4.57. The van der Waals surface area contributed by atoms with Crippen LogP contribution in [0.4, 0.5) is 9.18 Å². The number of nitrogens with one attached hydrogen (secondary N) is 1.